The molecule has 0 saturated heterocycles. The molecule has 0 heterocycles. The molecule has 1 unspecified atom stereocenters. The van der Waals surface area contributed by atoms with Crippen LogP contribution in [0.5, 0.6) is 0 Å². The second-order valence-electron chi connectivity index (χ2n) is 2.14. The highest BCUT2D eigenvalue weighted by molar-refractivity contribution is 6.34. The van der Waals surface area contributed by atoms with Gasteiger partial charge >= 0.3 is 0 Å². The first-order chi connectivity index (χ1) is 5.63. The summed E-state index contributed by atoms with van der Waals surface area (Å²) < 4.78 is 0. The van der Waals surface area contributed by atoms with Crippen LogP contribution in [0.15, 0.2) is 23.4 Å². The van der Waals surface area contributed by atoms with E-state index in [2.05, 4.69) is 5.18 Å². The lowest BCUT2D eigenvalue weighted by Crippen LogP contribution is -1.84. The monoisotopic (exact) mass is 223 g/mol. The Kier molecular flexibility index (Phi) is 3.32. The number of nitroso groups, excluding NO2 is 1. The van der Waals surface area contributed by atoms with E-state index in [4.69, 9.17) is 34.8 Å². The zero-order chi connectivity index (χ0) is 9.14. The van der Waals surface area contributed by atoms with Gasteiger partial charge < -0.3 is 0 Å². The van der Waals surface area contributed by atoms with Crippen molar-refractivity contribution < 1.29 is 0 Å². The Morgan fingerprint density at radius 3 is 2.08 bits per heavy atom. The minimum absolute atomic E-state index is 0.437. The molecule has 0 amide bonds. The van der Waals surface area contributed by atoms with Gasteiger partial charge in [-0.2, -0.15) is 0 Å². The molecule has 0 radical (unpaired) electrons. The van der Waals surface area contributed by atoms with E-state index in [9.17, 15) is 4.91 Å². The average Bonchev–Trinajstić information content (AvgIpc) is 2.01. The average molecular weight is 224 g/mol. The minimum atomic E-state index is -0.929. The maximum Gasteiger partial charge on any atom is 0.190 e. The van der Waals surface area contributed by atoms with Crippen LogP contribution in [0.1, 0.15) is 11.1 Å². The molecule has 1 atom stereocenters. The lowest BCUT2D eigenvalue weighted by Gasteiger charge is -2.01. The molecule has 2 nitrogen and oxygen atoms in total. The van der Waals surface area contributed by atoms with Crippen LogP contribution < -0.4 is 0 Å². The number of rotatable bonds is 2. The lowest BCUT2D eigenvalue weighted by atomic mass is 10.2. The number of hydrogen-bond donors (Lipinski definition) is 0. The van der Waals surface area contributed by atoms with Crippen molar-refractivity contribution in [3.05, 3.63) is 38.7 Å². The zero-order valence-electron chi connectivity index (χ0n) is 5.80. The normalized spacial score (nSPS) is 12.6. The molecule has 0 spiro atoms. The van der Waals surface area contributed by atoms with E-state index < -0.39 is 5.50 Å². The van der Waals surface area contributed by atoms with Crippen molar-refractivity contribution in [1.29, 1.82) is 0 Å². The Labute approximate surface area is 84.4 Å². The van der Waals surface area contributed by atoms with Gasteiger partial charge in [0.25, 0.3) is 0 Å². The highest BCUT2D eigenvalue weighted by atomic mass is 35.5. The topological polar surface area (TPSA) is 29.4 Å². The van der Waals surface area contributed by atoms with Crippen molar-refractivity contribution in [1.82, 2.24) is 0 Å². The van der Waals surface area contributed by atoms with E-state index in [1.165, 1.54) is 0 Å². The molecule has 0 saturated carbocycles. The van der Waals surface area contributed by atoms with Gasteiger partial charge in [-0.25, -0.2) is 0 Å². The smallest absolute Gasteiger partial charge is 0.149 e. The van der Waals surface area contributed by atoms with Gasteiger partial charge in [0.05, 0.1) is 0 Å². The number of hydrogen-bond acceptors (Lipinski definition) is 2. The van der Waals surface area contributed by atoms with Crippen LogP contribution in [0.2, 0.25) is 10.0 Å². The quantitative estimate of drug-likeness (QED) is 0.424. The Bertz CT molecular complexity index is 282. The summed E-state index contributed by atoms with van der Waals surface area (Å²) in [4.78, 5) is 10.1. The van der Waals surface area contributed by atoms with Crippen molar-refractivity contribution in [2.24, 2.45) is 5.18 Å². The Hall–Kier alpha value is -0.310. The summed E-state index contributed by atoms with van der Waals surface area (Å²) in [6.07, 6.45) is 0. The second kappa shape index (κ2) is 4.08. The molecule has 1 aromatic rings. The van der Waals surface area contributed by atoms with Gasteiger partial charge in [-0.3, -0.25) is 0 Å². The van der Waals surface area contributed by atoms with Crippen molar-refractivity contribution in [3.63, 3.8) is 0 Å². The molecule has 12 heavy (non-hydrogen) atoms. The summed E-state index contributed by atoms with van der Waals surface area (Å²) in [5.41, 5.74) is -0.426. The standard InChI is InChI=1S/C7H4Cl3NO/c8-5-1-4(7(10)11-12)2-6(9)3-5/h1-3,7H. The molecule has 0 aliphatic heterocycles. The molecule has 0 aromatic heterocycles. The number of alkyl halides is 1. The van der Waals surface area contributed by atoms with Gasteiger partial charge in [0.15, 0.2) is 5.50 Å². The van der Waals surface area contributed by atoms with E-state index in [0.29, 0.717) is 15.6 Å². The first-order valence-corrected chi connectivity index (χ1v) is 4.25. The number of nitrogens with zero attached hydrogens (tertiary/aromatic N) is 1. The van der Waals surface area contributed by atoms with Crippen molar-refractivity contribution in [3.8, 4) is 0 Å². The molecular weight excluding hydrogens is 220 g/mol. The molecule has 5 heteroatoms. The van der Waals surface area contributed by atoms with Crippen LogP contribution in [-0.4, -0.2) is 0 Å². The number of halogens is 3. The van der Waals surface area contributed by atoms with E-state index in [1.54, 1.807) is 18.2 Å². The first kappa shape index (κ1) is 9.78. The highest BCUT2D eigenvalue weighted by Gasteiger charge is 2.08. The predicted octanol–water partition coefficient (Wildman–Crippen LogP) is 4.00. The van der Waals surface area contributed by atoms with Crippen LogP contribution in [0.4, 0.5) is 0 Å². The van der Waals surface area contributed by atoms with Crippen LogP contribution in [0.25, 0.3) is 0 Å². The van der Waals surface area contributed by atoms with Gasteiger partial charge in [-0.15, -0.1) is 4.91 Å². The summed E-state index contributed by atoms with van der Waals surface area (Å²) in [6, 6.07) is 4.65. The molecule has 0 bridgehead atoms. The van der Waals surface area contributed by atoms with Crippen molar-refractivity contribution in [2.75, 3.05) is 0 Å². The Morgan fingerprint density at radius 2 is 1.67 bits per heavy atom. The molecule has 0 aliphatic carbocycles. The van der Waals surface area contributed by atoms with Crippen LogP contribution >= 0.6 is 34.8 Å². The molecule has 0 N–H and O–H groups in total. The van der Waals surface area contributed by atoms with E-state index >= 15 is 0 Å². The van der Waals surface area contributed by atoms with Gasteiger partial charge in [-0.1, -0.05) is 34.8 Å². The molecular formula is C7H4Cl3NO. The molecule has 1 aromatic carbocycles. The maximum absolute atomic E-state index is 10.1. The van der Waals surface area contributed by atoms with Gasteiger partial charge in [0.2, 0.25) is 0 Å². The lowest BCUT2D eigenvalue weighted by molar-refractivity contribution is 1.01. The minimum Gasteiger partial charge on any atom is -0.149 e. The third-order valence-corrected chi connectivity index (χ3v) is 2.02. The third kappa shape index (κ3) is 2.34. The zero-order valence-corrected chi connectivity index (χ0v) is 8.07. The van der Waals surface area contributed by atoms with E-state index in [1.807, 2.05) is 0 Å². The Balaban J connectivity index is 3.08. The van der Waals surface area contributed by atoms with Crippen molar-refractivity contribution >= 4 is 34.8 Å². The van der Waals surface area contributed by atoms with E-state index in [0.717, 1.165) is 0 Å². The fraction of sp³-hybridized carbons (Fsp3) is 0.143. The molecule has 0 aliphatic rings. The van der Waals surface area contributed by atoms with E-state index in [-0.39, 0.29) is 0 Å². The third-order valence-electron chi connectivity index (χ3n) is 1.25. The van der Waals surface area contributed by atoms with Crippen LogP contribution in [-0.2, 0) is 0 Å². The van der Waals surface area contributed by atoms with Crippen LogP contribution in [0.3, 0.4) is 0 Å². The fourth-order valence-electron chi connectivity index (χ4n) is 0.774. The van der Waals surface area contributed by atoms with Gasteiger partial charge in [0, 0.05) is 10.0 Å². The first-order valence-electron chi connectivity index (χ1n) is 3.06. The highest BCUT2D eigenvalue weighted by Crippen LogP contribution is 2.27. The summed E-state index contributed by atoms with van der Waals surface area (Å²) >= 11 is 16.9. The predicted molar refractivity (Wildman–Crippen MR) is 50.9 cm³/mol. The summed E-state index contributed by atoms with van der Waals surface area (Å²) in [5.74, 6) is 0. The summed E-state index contributed by atoms with van der Waals surface area (Å²) in [5, 5.41) is 3.51. The van der Waals surface area contributed by atoms with Gasteiger partial charge in [-0.05, 0) is 28.9 Å². The molecule has 0 fully saturated rings. The SMILES string of the molecule is O=NC(Cl)c1cc(Cl)cc(Cl)c1. The molecule has 1 rings (SSSR count). The number of benzene rings is 1. The fourth-order valence-corrected chi connectivity index (χ4v) is 1.44. The Morgan fingerprint density at radius 1 is 1.17 bits per heavy atom. The largest absolute Gasteiger partial charge is 0.190 e. The second-order valence-corrected chi connectivity index (χ2v) is 3.43. The molecule has 64 valence electrons. The maximum atomic E-state index is 10.1. The van der Waals surface area contributed by atoms with Crippen molar-refractivity contribution in [2.45, 2.75) is 5.50 Å². The van der Waals surface area contributed by atoms with Crippen LogP contribution in [0, 0.1) is 4.91 Å². The summed E-state index contributed by atoms with van der Waals surface area (Å²) in [6.45, 7) is 0. The van der Waals surface area contributed by atoms with Gasteiger partial charge in [0.1, 0.15) is 0 Å². The summed E-state index contributed by atoms with van der Waals surface area (Å²) in [7, 11) is 0.